The van der Waals surface area contributed by atoms with E-state index in [9.17, 15) is 9.59 Å². The van der Waals surface area contributed by atoms with E-state index in [1.54, 1.807) is 13.1 Å². The second-order valence-corrected chi connectivity index (χ2v) is 12.2. The quantitative estimate of drug-likeness (QED) is 0.382. The number of thioether (sulfide) groups is 1. The molecule has 2 saturated heterocycles. The van der Waals surface area contributed by atoms with E-state index < -0.39 is 17.3 Å². The molecule has 4 atom stereocenters. The van der Waals surface area contributed by atoms with Crippen molar-refractivity contribution < 1.29 is 23.8 Å². The zero-order valence-electron chi connectivity index (χ0n) is 22.4. The Balaban J connectivity index is 1.29. The van der Waals surface area contributed by atoms with Gasteiger partial charge in [0.2, 0.25) is 0 Å². The van der Waals surface area contributed by atoms with Crippen LogP contribution in [-0.4, -0.2) is 57.7 Å². The van der Waals surface area contributed by atoms with Crippen LogP contribution in [0.5, 0.6) is 5.75 Å². The summed E-state index contributed by atoms with van der Waals surface area (Å²) in [5.74, 6) is 2.09. The molecule has 1 aromatic carbocycles. The number of fused-ring (bicyclic) bond motifs is 3. The van der Waals surface area contributed by atoms with Crippen LogP contribution in [0.3, 0.4) is 0 Å². The molecule has 204 valence electrons. The van der Waals surface area contributed by atoms with Crippen LogP contribution in [0.2, 0.25) is 0 Å². The number of hydrogen-bond donors (Lipinski definition) is 1. The number of piperidine rings is 1. The number of aromatic nitrogens is 2. The van der Waals surface area contributed by atoms with E-state index >= 15 is 0 Å². The maximum atomic E-state index is 12.8. The van der Waals surface area contributed by atoms with Gasteiger partial charge in [0, 0.05) is 36.2 Å². The third-order valence-electron chi connectivity index (χ3n) is 7.25. The monoisotopic (exact) mass is 540 g/mol. The Bertz CT molecular complexity index is 1150. The lowest BCUT2D eigenvalue weighted by molar-refractivity contribution is -0.142. The summed E-state index contributed by atoms with van der Waals surface area (Å²) in [7, 11) is 0. The van der Waals surface area contributed by atoms with Gasteiger partial charge in [-0.2, -0.15) is 0 Å². The maximum absolute atomic E-state index is 12.8. The largest absolute Gasteiger partial charge is 0.484 e. The lowest BCUT2D eigenvalue weighted by Crippen LogP contribution is -2.58. The van der Waals surface area contributed by atoms with Crippen molar-refractivity contribution in [1.82, 2.24) is 15.3 Å². The van der Waals surface area contributed by atoms with Gasteiger partial charge in [-0.25, -0.2) is 14.8 Å². The van der Waals surface area contributed by atoms with Crippen molar-refractivity contribution in [3.63, 3.8) is 0 Å². The maximum Gasteiger partial charge on any atom is 0.408 e. The predicted octanol–water partition coefficient (Wildman–Crippen LogP) is 5.05. The van der Waals surface area contributed by atoms with Gasteiger partial charge < -0.3 is 24.4 Å². The van der Waals surface area contributed by atoms with E-state index in [0.29, 0.717) is 18.8 Å². The fourth-order valence-electron chi connectivity index (χ4n) is 5.93. The van der Waals surface area contributed by atoms with Crippen LogP contribution in [0.4, 0.5) is 10.6 Å². The number of rotatable bonds is 7. The number of esters is 1. The van der Waals surface area contributed by atoms with Gasteiger partial charge in [0.1, 0.15) is 33.8 Å². The molecular formula is C28H36N4O5S. The predicted molar refractivity (Wildman–Crippen MR) is 144 cm³/mol. The molecule has 1 aromatic heterocycles. The molecule has 2 bridgehead atoms. The van der Waals surface area contributed by atoms with E-state index in [1.807, 2.05) is 51.2 Å². The highest BCUT2D eigenvalue weighted by molar-refractivity contribution is 7.99. The number of hydrogen-bond acceptors (Lipinski definition) is 9. The van der Waals surface area contributed by atoms with Crippen LogP contribution in [0.15, 0.2) is 41.7 Å². The van der Waals surface area contributed by atoms with Gasteiger partial charge in [0.25, 0.3) is 0 Å². The topological polar surface area (TPSA) is 103 Å². The summed E-state index contributed by atoms with van der Waals surface area (Å²) in [6.45, 7) is 7.80. The summed E-state index contributed by atoms with van der Waals surface area (Å²) in [5.41, 5.74) is -0.130. The van der Waals surface area contributed by atoms with Crippen molar-refractivity contribution in [1.29, 1.82) is 0 Å². The van der Waals surface area contributed by atoms with Crippen molar-refractivity contribution >= 4 is 29.6 Å². The molecule has 1 spiro atoms. The molecule has 10 heteroatoms. The smallest absolute Gasteiger partial charge is 0.408 e. The van der Waals surface area contributed by atoms with Crippen LogP contribution in [-0.2, 0) is 14.3 Å². The number of nitrogens with zero attached hydrogens (tertiary/aromatic N) is 3. The molecule has 5 rings (SSSR count). The molecule has 38 heavy (non-hydrogen) atoms. The first-order chi connectivity index (χ1) is 18.2. The number of carbonyl (C=O) groups excluding carboxylic acids is 2. The highest BCUT2D eigenvalue weighted by Crippen LogP contribution is 2.54. The fraction of sp³-hybridized carbons (Fsp3) is 0.571. The summed E-state index contributed by atoms with van der Waals surface area (Å²) in [4.78, 5) is 36.1. The van der Waals surface area contributed by atoms with Crippen molar-refractivity contribution in [2.24, 2.45) is 0 Å². The third kappa shape index (κ3) is 5.55. The minimum absolute atomic E-state index is 0.195. The van der Waals surface area contributed by atoms with Crippen LogP contribution < -0.4 is 15.0 Å². The number of carbonyl (C=O) groups is 2. The second-order valence-electron chi connectivity index (χ2n) is 11.1. The van der Waals surface area contributed by atoms with E-state index in [1.165, 1.54) is 11.8 Å². The minimum Gasteiger partial charge on any atom is -0.484 e. The van der Waals surface area contributed by atoms with Gasteiger partial charge in [-0.3, -0.25) is 4.79 Å². The van der Waals surface area contributed by atoms with Gasteiger partial charge in [-0.1, -0.05) is 18.2 Å². The standard InChI is InChI=1S/C28H36N4O5S/c1-5-35-24(33)12-13-38-23-17-29-22(16-30-23)32-18-10-11-19(32)15-28(14-18)25(31-26(34)37-27(2,3)4)20-8-6-7-9-21(20)36-28/h6-9,16-19,25H,5,10-15H2,1-4H3,(H,31,34)/t18-,19+,25-,28?/m1/s1. The molecule has 9 nitrogen and oxygen atoms in total. The molecule has 2 fully saturated rings. The molecule has 0 aliphatic carbocycles. The van der Waals surface area contributed by atoms with Crippen LogP contribution >= 0.6 is 11.8 Å². The molecular weight excluding hydrogens is 504 g/mol. The number of ether oxygens (including phenoxy) is 3. The average Bonchev–Trinajstić information content (AvgIpc) is 3.29. The number of nitrogens with one attached hydrogen (secondary N) is 1. The highest BCUT2D eigenvalue weighted by Gasteiger charge is 2.58. The molecule has 3 aliphatic heterocycles. The molecule has 4 heterocycles. The van der Waals surface area contributed by atoms with Crippen molar-refractivity contribution in [3.05, 3.63) is 42.2 Å². The van der Waals surface area contributed by atoms with Gasteiger partial charge in [0.15, 0.2) is 0 Å². The Morgan fingerprint density at radius 3 is 2.55 bits per heavy atom. The molecule has 2 aromatic rings. The van der Waals surface area contributed by atoms with E-state index in [2.05, 4.69) is 15.2 Å². The Morgan fingerprint density at radius 2 is 1.89 bits per heavy atom. The minimum atomic E-state index is -0.583. The van der Waals surface area contributed by atoms with Crippen LogP contribution in [0.1, 0.15) is 71.4 Å². The summed E-state index contributed by atoms with van der Waals surface area (Å²) in [6, 6.07) is 8.12. The molecule has 1 unspecified atom stereocenters. The average molecular weight is 541 g/mol. The fourth-order valence-corrected chi connectivity index (χ4v) is 6.67. The van der Waals surface area contributed by atoms with Crippen molar-refractivity contribution in [2.45, 2.75) is 94.2 Å². The Morgan fingerprint density at radius 1 is 1.16 bits per heavy atom. The number of anilines is 1. The molecule has 1 amide bonds. The molecule has 0 radical (unpaired) electrons. The summed E-state index contributed by atoms with van der Waals surface area (Å²) < 4.78 is 17.3. The Hall–Kier alpha value is -3.01. The normalized spacial score (nSPS) is 25.6. The van der Waals surface area contributed by atoms with Gasteiger partial charge in [-0.15, -0.1) is 11.8 Å². The SMILES string of the molecule is CCOC(=O)CCSc1cnc(N2[C@@H]3CC[C@H]2CC2(C3)Oc3ccccc3[C@H]2NC(=O)OC(C)(C)C)cn1. The lowest BCUT2D eigenvalue weighted by atomic mass is 9.79. The first-order valence-corrected chi connectivity index (χ1v) is 14.3. The first kappa shape index (κ1) is 26.6. The van der Waals surface area contributed by atoms with E-state index in [-0.39, 0.29) is 24.1 Å². The van der Waals surface area contributed by atoms with Crippen molar-refractivity contribution in [2.75, 3.05) is 17.3 Å². The molecule has 0 saturated carbocycles. The zero-order chi connectivity index (χ0) is 26.9. The van der Waals surface area contributed by atoms with Crippen LogP contribution in [0, 0.1) is 0 Å². The van der Waals surface area contributed by atoms with E-state index in [4.69, 9.17) is 19.2 Å². The number of amides is 1. The summed E-state index contributed by atoms with van der Waals surface area (Å²) >= 11 is 1.50. The Kier molecular flexibility index (Phi) is 7.44. The molecule has 3 aliphatic rings. The van der Waals surface area contributed by atoms with Gasteiger partial charge in [0.05, 0.1) is 25.4 Å². The van der Waals surface area contributed by atoms with E-state index in [0.717, 1.165) is 47.8 Å². The van der Waals surface area contributed by atoms with Crippen LogP contribution in [0.25, 0.3) is 0 Å². The number of benzene rings is 1. The zero-order valence-corrected chi connectivity index (χ0v) is 23.3. The first-order valence-electron chi connectivity index (χ1n) is 13.3. The van der Waals surface area contributed by atoms with Gasteiger partial charge in [-0.05, 0) is 46.6 Å². The summed E-state index contributed by atoms with van der Waals surface area (Å²) in [6.07, 6.45) is 7.11. The number of para-hydroxylation sites is 1. The lowest BCUT2D eigenvalue weighted by Gasteiger charge is -2.47. The molecule has 1 N–H and O–H groups in total. The number of alkyl carbamates (subject to hydrolysis) is 1. The van der Waals surface area contributed by atoms with Gasteiger partial charge >= 0.3 is 12.1 Å². The third-order valence-corrected chi connectivity index (χ3v) is 8.17. The Labute approximate surface area is 228 Å². The van der Waals surface area contributed by atoms with Crippen molar-refractivity contribution in [3.8, 4) is 5.75 Å². The summed E-state index contributed by atoms with van der Waals surface area (Å²) in [5, 5.41) is 3.94. The second kappa shape index (κ2) is 10.6. The highest BCUT2D eigenvalue weighted by atomic mass is 32.2.